The Morgan fingerprint density at radius 1 is 1.40 bits per heavy atom. The summed E-state index contributed by atoms with van der Waals surface area (Å²) in [6, 6.07) is 7.56. The number of para-hydroxylation sites is 1. The Bertz CT molecular complexity index is 451. The fourth-order valence-corrected chi connectivity index (χ4v) is 1.35. The second-order valence-corrected chi connectivity index (χ2v) is 3.04. The molecule has 1 aromatic carbocycles. The SMILES string of the molecule is COc1ccccc1-c1ncc(CN)o1. The molecule has 2 aromatic rings. The lowest BCUT2D eigenvalue weighted by Gasteiger charge is -2.03. The van der Waals surface area contributed by atoms with Crippen LogP contribution in [0.1, 0.15) is 5.76 Å². The maximum atomic E-state index is 5.45. The highest BCUT2D eigenvalue weighted by Gasteiger charge is 2.10. The van der Waals surface area contributed by atoms with E-state index >= 15 is 0 Å². The fourth-order valence-electron chi connectivity index (χ4n) is 1.35. The minimum Gasteiger partial charge on any atom is -0.496 e. The molecule has 1 aromatic heterocycles. The van der Waals surface area contributed by atoms with E-state index in [1.165, 1.54) is 0 Å². The van der Waals surface area contributed by atoms with Crippen molar-refractivity contribution >= 4 is 0 Å². The summed E-state index contributed by atoms with van der Waals surface area (Å²) in [6.07, 6.45) is 1.63. The van der Waals surface area contributed by atoms with E-state index in [2.05, 4.69) is 4.98 Å². The second-order valence-electron chi connectivity index (χ2n) is 3.04. The number of benzene rings is 1. The van der Waals surface area contributed by atoms with Gasteiger partial charge in [0.15, 0.2) is 0 Å². The molecule has 0 atom stereocenters. The van der Waals surface area contributed by atoms with Crippen molar-refractivity contribution in [3.05, 3.63) is 36.2 Å². The summed E-state index contributed by atoms with van der Waals surface area (Å²) in [5.74, 6) is 1.94. The van der Waals surface area contributed by atoms with Gasteiger partial charge in [-0.3, -0.25) is 0 Å². The van der Waals surface area contributed by atoms with Crippen molar-refractivity contribution in [1.29, 1.82) is 0 Å². The average molecular weight is 204 g/mol. The predicted molar refractivity (Wildman–Crippen MR) is 56.4 cm³/mol. The molecule has 4 nitrogen and oxygen atoms in total. The third-order valence-electron chi connectivity index (χ3n) is 2.09. The van der Waals surface area contributed by atoms with Crippen molar-refractivity contribution in [2.24, 2.45) is 5.73 Å². The van der Waals surface area contributed by atoms with E-state index in [4.69, 9.17) is 14.9 Å². The van der Waals surface area contributed by atoms with E-state index < -0.39 is 0 Å². The second kappa shape index (κ2) is 4.14. The van der Waals surface area contributed by atoms with E-state index in [1.807, 2.05) is 24.3 Å². The summed E-state index contributed by atoms with van der Waals surface area (Å²) in [5.41, 5.74) is 6.28. The van der Waals surface area contributed by atoms with E-state index in [0.717, 1.165) is 11.3 Å². The molecule has 0 saturated carbocycles. The summed E-state index contributed by atoms with van der Waals surface area (Å²) in [4.78, 5) is 4.14. The highest BCUT2D eigenvalue weighted by Crippen LogP contribution is 2.28. The van der Waals surface area contributed by atoms with Crippen molar-refractivity contribution in [3.8, 4) is 17.2 Å². The summed E-state index contributed by atoms with van der Waals surface area (Å²) in [6.45, 7) is 0.349. The largest absolute Gasteiger partial charge is 0.496 e. The monoisotopic (exact) mass is 204 g/mol. The van der Waals surface area contributed by atoms with Crippen LogP contribution in [0.3, 0.4) is 0 Å². The van der Waals surface area contributed by atoms with E-state index in [1.54, 1.807) is 13.3 Å². The van der Waals surface area contributed by atoms with Gasteiger partial charge < -0.3 is 14.9 Å². The van der Waals surface area contributed by atoms with Crippen LogP contribution in [0.25, 0.3) is 11.5 Å². The van der Waals surface area contributed by atoms with Crippen LogP contribution in [0.5, 0.6) is 5.75 Å². The van der Waals surface area contributed by atoms with E-state index in [0.29, 0.717) is 18.2 Å². The van der Waals surface area contributed by atoms with Crippen molar-refractivity contribution < 1.29 is 9.15 Å². The topological polar surface area (TPSA) is 61.3 Å². The Balaban J connectivity index is 2.44. The Kier molecular flexibility index (Phi) is 2.69. The molecule has 1 heterocycles. The minimum atomic E-state index is 0.349. The Morgan fingerprint density at radius 2 is 2.20 bits per heavy atom. The van der Waals surface area contributed by atoms with Crippen LogP contribution >= 0.6 is 0 Å². The van der Waals surface area contributed by atoms with Gasteiger partial charge in [-0.1, -0.05) is 12.1 Å². The number of nitrogens with two attached hydrogens (primary N) is 1. The molecule has 0 aliphatic carbocycles. The van der Waals surface area contributed by atoms with Crippen molar-refractivity contribution in [1.82, 2.24) is 4.98 Å². The van der Waals surface area contributed by atoms with Crippen LogP contribution < -0.4 is 10.5 Å². The summed E-state index contributed by atoms with van der Waals surface area (Å²) in [7, 11) is 1.62. The summed E-state index contributed by atoms with van der Waals surface area (Å²) >= 11 is 0. The van der Waals surface area contributed by atoms with E-state index in [9.17, 15) is 0 Å². The first-order valence-electron chi connectivity index (χ1n) is 4.63. The number of nitrogens with zero attached hydrogens (tertiary/aromatic N) is 1. The van der Waals surface area contributed by atoms with Gasteiger partial charge in [0, 0.05) is 0 Å². The third kappa shape index (κ3) is 1.85. The molecule has 0 radical (unpaired) electrons. The van der Waals surface area contributed by atoms with Crippen molar-refractivity contribution in [2.75, 3.05) is 7.11 Å². The summed E-state index contributed by atoms with van der Waals surface area (Å²) < 4.78 is 10.7. The zero-order chi connectivity index (χ0) is 10.7. The maximum Gasteiger partial charge on any atom is 0.230 e. The average Bonchev–Trinajstić information content (AvgIpc) is 2.77. The molecule has 0 amide bonds. The molecule has 0 spiro atoms. The Morgan fingerprint density at radius 3 is 2.87 bits per heavy atom. The summed E-state index contributed by atoms with van der Waals surface area (Å²) in [5, 5.41) is 0. The standard InChI is InChI=1S/C11H12N2O2/c1-14-10-5-3-2-4-9(10)11-13-7-8(6-12)15-11/h2-5,7H,6,12H2,1H3. The van der Waals surface area contributed by atoms with Crippen LogP contribution in [0.2, 0.25) is 0 Å². The van der Waals surface area contributed by atoms with Gasteiger partial charge in [0.1, 0.15) is 11.5 Å². The third-order valence-corrected chi connectivity index (χ3v) is 2.09. The molecule has 4 heteroatoms. The highest BCUT2D eigenvalue weighted by atomic mass is 16.5. The van der Waals surface area contributed by atoms with Gasteiger partial charge in [0.05, 0.1) is 25.4 Å². The van der Waals surface area contributed by atoms with Crippen LogP contribution in [0.4, 0.5) is 0 Å². The minimum absolute atomic E-state index is 0.349. The number of ether oxygens (including phenoxy) is 1. The van der Waals surface area contributed by atoms with Gasteiger partial charge in [-0.15, -0.1) is 0 Å². The highest BCUT2D eigenvalue weighted by molar-refractivity contribution is 5.62. The van der Waals surface area contributed by atoms with Gasteiger partial charge in [0.25, 0.3) is 0 Å². The predicted octanol–water partition coefficient (Wildman–Crippen LogP) is 1.81. The molecule has 78 valence electrons. The van der Waals surface area contributed by atoms with Crippen LogP contribution in [0.15, 0.2) is 34.9 Å². The molecule has 2 N–H and O–H groups in total. The number of rotatable bonds is 3. The molecule has 0 fully saturated rings. The normalized spacial score (nSPS) is 10.3. The first-order chi connectivity index (χ1) is 7.35. The zero-order valence-corrected chi connectivity index (χ0v) is 8.43. The first kappa shape index (κ1) is 9.73. The molecular formula is C11H12N2O2. The maximum absolute atomic E-state index is 5.45. The molecular weight excluding hydrogens is 192 g/mol. The first-order valence-corrected chi connectivity index (χ1v) is 4.63. The lowest BCUT2D eigenvalue weighted by atomic mass is 10.2. The Labute approximate surface area is 87.7 Å². The Hall–Kier alpha value is -1.81. The zero-order valence-electron chi connectivity index (χ0n) is 8.43. The number of aromatic nitrogens is 1. The number of methoxy groups -OCH3 is 1. The van der Waals surface area contributed by atoms with Gasteiger partial charge in [-0.25, -0.2) is 4.98 Å². The molecule has 0 aliphatic rings. The molecule has 0 saturated heterocycles. The van der Waals surface area contributed by atoms with Gasteiger partial charge in [0.2, 0.25) is 5.89 Å². The van der Waals surface area contributed by atoms with E-state index in [-0.39, 0.29) is 0 Å². The number of hydrogen-bond donors (Lipinski definition) is 1. The van der Waals surface area contributed by atoms with Gasteiger partial charge in [-0.2, -0.15) is 0 Å². The lowest BCUT2D eigenvalue weighted by molar-refractivity contribution is 0.413. The molecule has 0 unspecified atom stereocenters. The lowest BCUT2D eigenvalue weighted by Crippen LogP contribution is -1.92. The van der Waals surface area contributed by atoms with Crippen LogP contribution in [-0.2, 0) is 6.54 Å². The van der Waals surface area contributed by atoms with Gasteiger partial charge in [-0.05, 0) is 12.1 Å². The van der Waals surface area contributed by atoms with Crippen LogP contribution in [0, 0.1) is 0 Å². The number of hydrogen-bond acceptors (Lipinski definition) is 4. The van der Waals surface area contributed by atoms with Crippen molar-refractivity contribution in [2.45, 2.75) is 6.54 Å². The molecule has 15 heavy (non-hydrogen) atoms. The van der Waals surface area contributed by atoms with Gasteiger partial charge >= 0.3 is 0 Å². The molecule has 0 aliphatic heterocycles. The molecule has 2 rings (SSSR count). The van der Waals surface area contributed by atoms with Crippen molar-refractivity contribution in [3.63, 3.8) is 0 Å². The molecule has 0 bridgehead atoms. The smallest absolute Gasteiger partial charge is 0.230 e. The van der Waals surface area contributed by atoms with Crippen LogP contribution in [-0.4, -0.2) is 12.1 Å². The fraction of sp³-hybridized carbons (Fsp3) is 0.182. The number of oxazole rings is 1. The quantitative estimate of drug-likeness (QED) is 0.828.